The molecule has 0 saturated heterocycles. The molecule has 0 spiro atoms. The Labute approximate surface area is 106 Å². The normalized spacial score (nSPS) is 13.8. The van der Waals surface area contributed by atoms with E-state index >= 15 is 0 Å². The van der Waals surface area contributed by atoms with E-state index in [4.69, 9.17) is 4.74 Å². The van der Waals surface area contributed by atoms with Crippen molar-refractivity contribution in [2.75, 3.05) is 11.9 Å². The molecule has 0 bridgehead atoms. The number of hydrogen-bond donors (Lipinski definition) is 2. The van der Waals surface area contributed by atoms with E-state index in [0.717, 1.165) is 18.6 Å². The van der Waals surface area contributed by atoms with Crippen molar-refractivity contribution < 1.29 is 14.3 Å². The number of rotatable bonds is 4. The van der Waals surface area contributed by atoms with E-state index in [2.05, 4.69) is 10.6 Å². The predicted molar refractivity (Wildman–Crippen MR) is 67.4 cm³/mol. The van der Waals surface area contributed by atoms with Gasteiger partial charge in [0.15, 0.2) is 0 Å². The molecule has 2 amide bonds. The van der Waals surface area contributed by atoms with E-state index in [1.54, 1.807) is 24.3 Å². The fourth-order valence-corrected chi connectivity index (χ4v) is 1.47. The molecule has 5 heteroatoms. The first-order chi connectivity index (χ1) is 8.69. The van der Waals surface area contributed by atoms with Crippen molar-refractivity contribution in [3.05, 3.63) is 24.3 Å². The smallest absolute Gasteiger partial charge is 0.313 e. The maximum absolute atomic E-state index is 11.5. The summed E-state index contributed by atoms with van der Waals surface area (Å²) in [5.41, 5.74) is 0.578. The Kier molecular flexibility index (Phi) is 3.82. The molecule has 0 aliphatic heterocycles. The van der Waals surface area contributed by atoms with Crippen molar-refractivity contribution in [2.24, 2.45) is 0 Å². The first-order valence-electron chi connectivity index (χ1n) is 6.03. The lowest BCUT2D eigenvalue weighted by Crippen LogP contribution is -2.36. The SMILES string of the molecule is CCOc1ccc(NC(=O)C(=O)NC2CC2)cc1. The maximum atomic E-state index is 11.5. The topological polar surface area (TPSA) is 67.4 Å². The second-order valence-electron chi connectivity index (χ2n) is 4.16. The molecule has 2 rings (SSSR count). The zero-order valence-corrected chi connectivity index (χ0v) is 10.2. The summed E-state index contributed by atoms with van der Waals surface area (Å²) >= 11 is 0. The Bertz CT molecular complexity index is 438. The van der Waals surface area contributed by atoms with Crippen LogP contribution in [0.2, 0.25) is 0 Å². The molecule has 0 atom stereocenters. The molecule has 96 valence electrons. The fourth-order valence-electron chi connectivity index (χ4n) is 1.47. The van der Waals surface area contributed by atoms with Gasteiger partial charge < -0.3 is 15.4 Å². The van der Waals surface area contributed by atoms with Gasteiger partial charge in [0.1, 0.15) is 5.75 Å². The van der Waals surface area contributed by atoms with Crippen molar-refractivity contribution in [1.29, 1.82) is 0 Å². The zero-order chi connectivity index (χ0) is 13.0. The Morgan fingerprint density at radius 2 is 1.89 bits per heavy atom. The first kappa shape index (κ1) is 12.4. The fraction of sp³-hybridized carbons (Fsp3) is 0.385. The molecular weight excluding hydrogens is 232 g/mol. The van der Waals surface area contributed by atoms with Crippen LogP contribution < -0.4 is 15.4 Å². The van der Waals surface area contributed by atoms with E-state index in [9.17, 15) is 9.59 Å². The minimum atomic E-state index is -0.633. The van der Waals surface area contributed by atoms with E-state index < -0.39 is 11.8 Å². The van der Waals surface area contributed by atoms with Crippen LogP contribution in [-0.2, 0) is 9.59 Å². The highest BCUT2D eigenvalue weighted by molar-refractivity contribution is 6.39. The largest absolute Gasteiger partial charge is 0.494 e. The maximum Gasteiger partial charge on any atom is 0.313 e. The van der Waals surface area contributed by atoms with Crippen LogP contribution in [0, 0.1) is 0 Å². The van der Waals surface area contributed by atoms with Gasteiger partial charge in [0, 0.05) is 11.7 Å². The lowest BCUT2D eigenvalue weighted by molar-refractivity contribution is -0.136. The molecule has 18 heavy (non-hydrogen) atoms. The van der Waals surface area contributed by atoms with Crippen LogP contribution in [0.15, 0.2) is 24.3 Å². The van der Waals surface area contributed by atoms with Crippen LogP contribution >= 0.6 is 0 Å². The predicted octanol–water partition coefficient (Wildman–Crippen LogP) is 1.30. The van der Waals surface area contributed by atoms with E-state index in [-0.39, 0.29) is 6.04 Å². The Hall–Kier alpha value is -2.04. The van der Waals surface area contributed by atoms with Crippen LogP contribution in [0.3, 0.4) is 0 Å². The molecule has 0 heterocycles. The minimum absolute atomic E-state index is 0.184. The van der Waals surface area contributed by atoms with Gasteiger partial charge in [-0.2, -0.15) is 0 Å². The number of nitrogens with one attached hydrogen (secondary N) is 2. The van der Waals surface area contributed by atoms with Gasteiger partial charge in [-0.25, -0.2) is 0 Å². The highest BCUT2D eigenvalue weighted by atomic mass is 16.5. The quantitative estimate of drug-likeness (QED) is 0.789. The second kappa shape index (κ2) is 5.53. The average Bonchev–Trinajstić information content (AvgIpc) is 3.16. The number of ether oxygens (including phenoxy) is 1. The van der Waals surface area contributed by atoms with Gasteiger partial charge in [0.2, 0.25) is 0 Å². The Morgan fingerprint density at radius 1 is 1.22 bits per heavy atom. The van der Waals surface area contributed by atoms with Crippen LogP contribution in [0.25, 0.3) is 0 Å². The first-order valence-corrected chi connectivity index (χ1v) is 6.03. The van der Waals surface area contributed by atoms with Gasteiger partial charge in [-0.15, -0.1) is 0 Å². The van der Waals surface area contributed by atoms with Crippen LogP contribution in [0.5, 0.6) is 5.75 Å². The third-order valence-corrected chi connectivity index (χ3v) is 2.54. The molecule has 1 fully saturated rings. The summed E-state index contributed by atoms with van der Waals surface area (Å²) in [6, 6.07) is 7.08. The van der Waals surface area contributed by atoms with Gasteiger partial charge in [-0.05, 0) is 44.0 Å². The lowest BCUT2D eigenvalue weighted by atomic mass is 10.3. The molecular formula is C13H16N2O3. The number of anilines is 1. The van der Waals surface area contributed by atoms with E-state index in [1.807, 2.05) is 6.92 Å². The third-order valence-electron chi connectivity index (χ3n) is 2.54. The van der Waals surface area contributed by atoms with E-state index in [1.165, 1.54) is 0 Å². The van der Waals surface area contributed by atoms with Crippen molar-refractivity contribution in [1.82, 2.24) is 5.32 Å². The van der Waals surface area contributed by atoms with Crippen molar-refractivity contribution in [3.63, 3.8) is 0 Å². The van der Waals surface area contributed by atoms with Gasteiger partial charge in [0.25, 0.3) is 0 Å². The summed E-state index contributed by atoms with van der Waals surface area (Å²) in [5, 5.41) is 5.17. The number of amides is 2. The van der Waals surface area contributed by atoms with Gasteiger partial charge >= 0.3 is 11.8 Å². The van der Waals surface area contributed by atoms with Crippen molar-refractivity contribution >= 4 is 17.5 Å². The minimum Gasteiger partial charge on any atom is -0.494 e. The second-order valence-corrected chi connectivity index (χ2v) is 4.16. The number of benzene rings is 1. The monoisotopic (exact) mass is 248 g/mol. The number of carbonyl (C=O) groups excluding carboxylic acids is 2. The summed E-state index contributed by atoms with van der Waals surface area (Å²) in [4.78, 5) is 23.0. The van der Waals surface area contributed by atoms with Crippen molar-refractivity contribution in [3.8, 4) is 5.75 Å². The molecule has 1 aromatic rings. The lowest BCUT2D eigenvalue weighted by Gasteiger charge is -2.07. The summed E-state index contributed by atoms with van der Waals surface area (Å²) < 4.78 is 5.28. The molecule has 0 unspecified atom stereocenters. The van der Waals surface area contributed by atoms with Crippen molar-refractivity contribution in [2.45, 2.75) is 25.8 Å². The molecule has 1 aliphatic carbocycles. The summed E-state index contributed by atoms with van der Waals surface area (Å²) in [6.07, 6.45) is 1.92. The Balaban J connectivity index is 1.87. The van der Waals surface area contributed by atoms with Gasteiger partial charge in [-0.3, -0.25) is 9.59 Å². The molecule has 2 N–H and O–H groups in total. The highest BCUT2D eigenvalue weighted by Gasteiger charge is 2.26. The summed E-state index contributed by atoms with van der Waals surface area (Å²) in [7, 11) is 0. The average molecular weight is 248 g/mol. The van der Waals surface area contributed by atoms with Gasteiger partial charge in [-0.1, -0.05) is 0 Å². The molecule has 1 aliphatic rings. The van der Waals surface area contributed by atoms with E-state index in [0.29, 0.717) is 12.3 Å². The van der Waals surface area contributed by atoms with Crippen LogP contribution in [-0.4, -0.2) is 24.5 Å². The van der Waals surface area contributed by atoms with Gasteiger partial charge in [0.05, 0.1) is 6.61 Å². The number of carbonyl (C=O) groups is 2. The summed E-state index contributed by atoms with van der Waals surface area (Å²) in [6.45, 7) is 2.49. The molecule has 0 aromatic heterocycles. The number of hydrogen-bond acceptors (Lipinski definition) is 3. The molecule has 0 radical (unpaired) electrons. The molecule has 1 saturated carbocycles. The summed E-state index contributed by atoms with van der Waals surface area (Å²) in [5.74, 6) is -0.477. The third kappa shape index (κ3) is 3.48. The van der Waals surface area contributed by atoms with Crippen LogP contribution in [0.1, 0.15) is 19.8 Å². The Morgan fingerprint density at radius 3 is 2.44 bits per heavy atom. The standard InChI is InChI=1S/C13H16N2O3/c1-2-18-11-7-5-10(6-8-11)15-13(17)12(16)14-9-3-4-9/h5-9H,2-4H2,1H3,(H,14,16)(H,15,17). The molecule has 5 nitrogen and oxygen atoms in total. The molecule has 1 aromatic carbocycles. The zero-order valence-electron chi connectivity index (χ0n) is 10.2. The van der Waals surface area contributed by atoms with Crippen LogP contribution in [0.4, 0.5) is 5.69 Å². The highest BCUT2D eigenvalue weighted by Crippen LogP contribution is 2.19.